The second-order valence-electron chi connectivity index (χ2n) is 15.8. The summed E-state index contributed by atoms with van der Waals surface area (Å²) in [6, 6.07) is 0.826. The van der Waals surface area contributed by atoms with Crippen LogP contribution in [-0.4, -0.2) is 63.4 Å². The van der Waals surface area contributed by atoms with Gasteiger partial charge in [0.1, 0.15) is 0 Å². The minimum atomic E-state index is 0.604. The number of hydrogen-bond donors (Lipinski definition) is 2. The Balaban J connectivity index is 0.925. The number of nitrogens with zero attached hydrogens (tertiary/aromatic N) is 1. The molecule has 2 N–H and O–H groups in total. The number of nitrogens with one attached hydrogen (secondary N) is 2. The zero-order valence-electron chi connectivity index (χ0n) is 24.7. The van der Waals surface area contributed by atoms with Gasteiger partial charge in [-0.2, -0.15) is 0 Å². The van der Waals surface area contributed by atoms with Crippen LogP contribution in [0.15, 0.2) is 0 Å². The fourth-order valence-electron chi connectivity index (χ4n) is 11.7. The Morgan fingerprint density at radius 1 is 0.553 bits per heavy atom. The molecule has 2 atom stereocenters. The third-order valence-electron chi connectivity index (χ3n) is 14.5. The van der Waals surface area contributed by atoms with E-state index >= 15 is 0 Å². The van der Waals surface area contributed by atoms with E-state index in [-0.39, 0.29) is 0 Å². The molecule has 0 amide bonds. The maximum atomic E-state index is 5.82. The lowest BCUT2D eigenvalue weighted by Gasteiger charge is -2.57. The molecule has 4 spiro atoms. The van der Waals surface area contributed by atoms with Crippen LogP contribution >= 0.6 is 0 Å². The van der Waals surface area contributed by atoms with Crippen LogP contribution in [0.1, 0.15) is 122 Å². The standard InChI is InChI=1S/C34H59N3O/c1-2-6-34(7-3-1)15-21-36-27-30(34)37-22-16-32(17-23-37)12-10-31(11-13-32)8-4-28(5-9-31)29-26-35-20-14-33(29)18-24-38-25-19-33/h28-30,35-36H,1-27H2. The Labute approximate surface area is 234 Å². The Kier molecular flexibility index (Phi) is 7.68. The number of ether oxygens (including phenoxy) is 1. The zero-order valence-corrected chi connectivity index (χ0v) is 24.7. The van der Waals surface area contributed by atoms with Crippen molar-refractivity contribution in [2.75, 3.05) is 52.5 Å². The van der Waals surface area contributed by atoms with E-state index in [1.165, 1.54) is 123 Å². The van der Waals surface area contributed by atoms with Gasteiger partial charge in [-0.15, -0.1) is 0 Å². The Morgan fingerprint density at radius 3 is 1.84 bits per heavy atom. The molecule has 7 rings (SSSR count). The van der Waals surface area contributed by atoms with Crippen molar-refractivity contribution >= 4 is 0 Å². The lowest BCUT2D eigenvalue weighted by Crippen LogP contribution is -2.60. The molecule has 0 radical (unpaired) electrons. The number of hydrogen-bond acceptors (Lipinski definition) is 4. The Hall–Kier alpha value is -0.160. The first-order valence-electron chi connectivity index (χ1n) is 17.4. The van der Waals surface area contributed by atoms with Crippen molar-refractivity contribution in [2.24, 2.45) is 33.5 Å². The van der Waals surface area contributed by atoms with Crippen molar-refractivity contribution in [1.29, 1.82) is 0 Å². The summed E-state index contributed by atoms with van der Waals surface area (Å²) in [5.74, 6) is 1.89. The summed E-state index contributed by atoms with van der Waals surface area (Å²) in [5, 5.41) is 7.62. The van der Waals surface area contributed by atoms with Gasteiger partial charge in [0, 0.05) is 25.8 Å². The average Bonchev–Trinajstić information content (AvgIpc) is 2.98. The first kappa shape index (κ1) is 26.7. The van der Waals surface area contributed by atoms with Gasteiger partial charge in [-0.1, -0.05) is 19.3 Å². The van der Waals surface area contributed by atoms with Crippen LogP contribution in [0, 0.1) is 33.5 Å². The van der Waals surface area contributed by atoms with Crippen molar-refractivity contribution in [3.63, 3.8) is 0 Å². The van der Waals surface area contributed by atoms with Gasteiger partial charge >= 0.3 is 0 Å². The second kappa shape index (κ2) is 10.9. The Morgan fingerprint density at radius 2 is 1.16 bits per heavy atom. The van der Waals surface area contributed by atoms with Crippen molar-refractivity contribution in [3.05, 3.63) is 0 Å². The summed E-state index contributed by atoms with van der Waals surface area (Å²) in [6.07, 6.45) is 28.3. The first-order chi connectivity index (χ1) is 18.6. The number of rotatable bonds is 2. The molecule has 4 saturated heterocycles. The molecule has 38 heavy (non-hydrogen) atoms. The molecule has 216 valence electrons. The third kappa shape index (κ3) is 4.94. The van der Waals surface area contributed by atoms with Gasteiger partial charge < -0.3 is 15.4 Å². The summed E-state index contributed by atoms with van der Waals surface area (Å²) in [7, 11) is 0. The topological polar surface area (TPSA) is 36.5 Å². The van der Waals surface area contributed by atoms with Gasteiger partial charge in [-0.05, 0) is 169 Å². The van der Waals surface area contributed by atoms with Crippen molar-refractivity contribution < 1.29 is 4.74 Å². The van der Waals surface area contributed by atoms with Gasteiger partial charge in [0.05, 0.1) is 0 Å². The van der Waals surface area contributed by atoms with Crippen LogP contribution in [0.2, 0.25) is 0 Å². The molecule has 0 aromatic carbocycles. The van der Waals surface area contributed by atoms with E-state index in [4.69, 9.17) is 4.74 Å². The normalized spacial score (nSPS) is 37.6. The fraction of sp³-hybridized carbons (Fsp3) is 1.00. The lowest BCUT2D eigenvalue weighted by molar-refractivity contribution is -0.0734. The zero-order chi connectivity index (χ0) is 25.5. The largest absolute Gasteiger partial charge is 0.381 e. The molecule has 7 aliphatic rings. The molecule has 7 fully saturated rings. The van der Waals surface area contributed by atoms with E-state index in [1.807, 2.05) is 0 Å². The summed E-state index contributed by atoms with van der Waals surface area (Å²) in [6.45, 7) is 9.88. The van der Waals surface area contributed by atoms with E-state index < -0.39 is 0 Å². The summed E-state index contributed by atoms with van der Waals surface area (Å²) < 4.78 is 5.82. The van der Waals surface area contributed by atoms with Crippen LogP contribution in [0.4, 0.5) is 0 Å². The van der Waals surface area contributed by atoms with Gasteiger partial charge in [0.2, 0.25) is 0 Å². The highest BCUT2D eigenvalue weighted by Crippen LogP contribution is 2.59. The molecule has 4 aliphatic heterocycles. The molecule has 4 heterocycles. The van der Waals surface area contributed by atoms with E-state index in [2.05, 4.69) is 15.5 Å². The molecule has 0 bridgehead atoms. The second-order valence-corrected chi connectivity index (χ2v) is 15.8. The molecule has 4 heteroatoms. The van der Waals surface area contributed by atoms with Crippen molar-refractivity contribution in [1.82, 2.24) is 15.5 Å². The van der Waals surface area contributed by atoms with Gasteiger partial charge in [-0.3, -0.25) is 4.90 Å². The van der Waals surface area contributed by atoms with Gasteiger partial charge in [0.15, 0.2) is 0 Å². The first-order valence-corrected chi connectivity index (χ1v) is 17.4. The van der Waals surface area contributed by atoms with E-state index in [0.29, 0.717) is 21.7 Å². The molecule has 2 unspecified atom stereocenters. The van der Waals surface area contributed by atoms with Crippen LogP contribution in [-0.2, 0) is 4.74 Å². The molecular formula is C34H59N3O. The van der Waals surface area contributed by atoms with E-state index in [9.17, 15) is 0 Å². The molecule has 4 nitrogen and oxygen atoms in total. The Bertz CT molecular complexity index is 689. The summed E-state index contributed by atoms with van der Waals surface area (Å²) in [4.78, 5) is 2.99. The quantitative estimate of drug-likeness (QED) is 0.429. The summed E-state index contributed by atoms with van der Waals surface area (Å²) in [5.41, 5.74) is 2.66. The van der Waals surface area contributed by atoms with Crippen LogP contribution < -0.4 is 10.6 Å². The van der Waals surface area contributed by atoms with Crippen molar-refractivity contribution in [2.45, 2.75) is 128 Å². The number of piperidine rings is 3. The maximum Gasteiger partial charge on any atom is 0.0471 e. The number of likely N-dealkylation sites (tertiary alicyclic amines) is 1. The monoisotopic (exact) mass is 525 g/mol. The molecule has 3 saturated carbocycles. The van der Waals surface area contributed by atoms with E-state index in [1.54, 1.807) is 38.5 Å². The third-order valence-corrected chi connectivity index (χ3v) is 14.5. The average molecular weight is 526 g/mol. The predicted molar refractivity (Wildman–Crippen MR) is 156 cm³/mol. The highest BCUT2D eigenvalue weighted by Gasteiger charge is 2.51. The van der Waals surface area contributed by atoms with E-state index in [0.717, 1.165) is 31.1 Å². The predicted octanol–water partition coefficient (Wildman–Crippen LogP) is 6.54. The minimum Gasteiger partial charge on any atom is -0.381 e. The molecule has 0 aromatic heterocycles. The highest BCUT2D eigenvalue weighted by molar-refractivity contribution is 5.04. The fourth-order valence-corrected chi connectivity index (χ4v) is 11.7. The van der Waals surface area contributed by atoms with Crippen molar-refractivity contribution in [3.8, 4) is 0 Å². The van der Waals surface area contributed by atoms with Crippen LogP contribution in [0.25, 0.3) is 0 Å². The maximum absolute atomic E-state index is 5.82. The minimum absolute atomic E-state index is 0.604. The molecular weight excluding hydrogens is 466 g/mol. The molecule has 3 aliphatic carbocycles. The van der Waals surface area contributed by atoms with Crippen LogP contribution in [0.5, 0.6) is 0 Å². The smallest absolute Gasteiger partial charge is 0.0471 e. The summed E-state index contributed by atoms with van der Waals surface area (Å²) >= 11 is 0. The highest BCUT2D eigenvalue weighted by atomic mass is 16.5. The van der Waals surface area contributed by atoms with Crippen LogP contribution in [0.3, 0.4) is 0 Å². The lowest BCUT2D eigenvalue weighted by atomic mass is 9.53. The van der Waals surface area contributed by atoms with Gasteiger partial charge in [0.25, 0.3) is 0 Å². The van der Waals surface area contributed by atoms with Gasteiger partial charge in [-0.25, -0.2) is 0 Å². The SMILES string of the molecule is C1CCC2(CC1)CCNCC2N1CCC2(CC1)CCC1(CCC(C3CNCCC34CCOCC4)CC1)CC2. The molecule has 0 aromatic rings.